The average molecular weight is 438 g/mol. The number of aryl methyl sites for hydroxylation is 1. The lowest BCUT2D eigenvalue weighted by molar-refractivity contribution is -0.123. The van der Waals surface area contributed by atoms with Gasteiger partial charge in [0.05, 0.1) is 25.0 Å². The number of ketones is 1. The number of nitrogens with zero attached hydrogens (tertiary/aromatic N) is 3. The summed E-state index contributed by atoms with van der Waals surface area (Å²) in [4.78, 5) is 24.0. The number of ether oxygens (including phenoxy) is 1. The second-order valence-corrected chi connectivity index (χ2v) is 8.90. The number of oxazole rings is 1. The number of halogens is 1. The number of rotatable bonds is 5. The van der Waals surface area contributed by atoms with Crippen LogP contribution in [0.1, 0.15) is 37.3 Å². The molecule has 0 atom stereocenters. The first-order chi connectivity index (χ1) is 15.6. The zero-order valence-electron chi connectivity index (χ0n) is 18.3. The Kier molecular flexibility index (Phi) is 6.02. The van der Waals surface area contributed by atoms with Gasteiger partial charge < -0.3 is 9.15 Å². The van der Waals surface area contributed by atoms with Crippen LogP contribution >= 0.6 is 0 Å². The monoisotopic (exact) mass is 437 g/mol. The van der Waals surface area contributed by atoms with Crippen LogP contribution in [0.5, 0.6) is 0 Å². The summed E-state index contributed by atoms with van der Waals surface area (Å²) in [6.45, 7) is 5.35. The van der Waals surface area contributed by atoms with E-state index in [4.69, 9.17) is 9.15 Å². The van der Waals surface area contributed by atoms with Crippen LogP contribution in [0, 0.1) is 18.7 Å². The normalized spacial score (nSPS) is 22.3. The Bertz CT molecular complexity index is 1110. The Morgan fingerprint density at radius 3 is 2.56 bits per heavy atom. The molecule has 5 rings (SSSR count). The van der Waals surface area contributed by atoms with E-state index in [9.17, 15) is 9.18 Å². The van der Waals surface area contributed by atoms with Crippen molar-refractivity contribution >= 4 is 16.6 Å². The fourth-order valence-corrected chi connectivity index (χ4v) is 5.01. The Morgan fingerprint density at radius 1 is 1.06 bits per heavy atom. The smallest absolute Gasteiger partial charge is 0.191 e. The van der Waals surface area contributed by atoms with Crippen LogP contribution in [-0.4, -0.2) is 53.0 Å². The molecule has 1 saturated carbocycles. The summed E-state index contributed by atoms with van der Waals surface area (Å²) in [7, 11) is 0. The van der Waals surface area contributed by atoms with E-state index in [0.29, 0.717) is 35.1 Å². The number of Topliss-reactive ketones (excluding diaryl/α,β-unsaturated/α-hetero) is 1. The first-order valence-electron chi connectivity index (χ1n) is 11.4. The third-order valence-electron chi connectivity index (χ3n) is 6.82. The summed E-state index contributed by atoms with van der Waals surface area (Å²) in [6.07, 6.45) is 7.51. The van der Waals surface area contributed by atoms with Gasteiger partial charge in [0.15, 0.2) is 11.7 Å². The number of aromatic nitrogens is 2. The molecule has 0 bridgehead atoms. The van der Waals surface area contributed by atoms with Crippen molar-refractivity contribution in [1.82, 2.24) is 14.9 Å². The van der Waals surface area contributed by atoms with Crippen LogP contribution in [-0.2, 0) is 16.0 Å². The molecular weight excluding hydrogens is 409 g/mol. The molecule has 2 fully saturated rings. The van der Waals surface area contributed by atoms with Gasteiger partial charge >= 0.3 is 0 Å². The Labute approximate surface area is 186 Å². The van der Waals surface area contributed by atoms with E-state index < -0.39 is 0 Å². The molecule has 0 spiro atoms. The lowest BCUT2D eigenvalue weighted by Crippen LogP contribution is -2.45. The van der Waals surface area contributed by atoms with Gasteiger partial charge in [0, 0.05) is 55.7 Å². The lowest BCUT2D eigenvalue weighted by Gasteiger charge is -2.38. The zero-order valence-corrected chi connectivity index (χ0v) is 18.3. The zero-order chi connectivity index (χ0) is 22.1. The first-order valence-corrected chi connectivity index (χ1v) is 11.4. The van der Waals surface area contributed by atoms with Crippen molar-refractivity contribution < 1.29 is 18.3 Å². The number of benzene rings is 1. The van der Waals surface area contributed by atoms with Crippen molar-refractivity contribution in [2.75, 3.05) is 26.3 Å². The minimum atomic E-state index is -0.378. The molecule has 0 unspecified atom stereocenters. The highest BCUT2D eigenvalue weighted by atomic mass is 19.1. The van der Waals surface area contributed by atoms with Crippen molar-refractivity contribution in [3.63, 3.8) is 0 Å². The molecule has 3 aromatic rings. The van der Waals surface area contributed by atoms with Gasteiger partial charge in [-0.05, 0) is 49.3 Å². The van der Waals surface area contributed by atoms with E-state index in [-0.39, 0.29) is 17.5 Å². The van der Waals surface area contributed by atoms with E-state index in [1.165, 1.54) is 12.3 Å². The largest absolute Gasteiger partial charge is 0.441 e. The maximum Gasteiger partial charge on any atom is 0.191 e. The van der Waals surface area contributed by atoms with Crippen LogP contribution in [0.2, 0.25) is 0 Å². The standard InChI is InChI=1S/C25H28FN3O3/c1-16-27-15-25(32-16)22-11-18-10-20(28-14-19(18)12-23(22)26)13-24(30)17-2-4-21(5-3-17)29-6-8-31-9-7-29/h10-12,14-15,17,21H,2-9,13H2,1H3. The number of pyridine rings is 1. The second kappa shape index (κ2) is 9.08. The number of fused-ring (bicyclic) bond motifs is 1. The molecule has 6 nitrogen and oxygen atoms in total. The van der Waals surface area contributed by atoms with Gasteiger partial charge in [-0.3, -0.25) is 14.7 Å². The summed E-state index contributed by atoms with van der Waals surface area (Å²) in [5.41, 5.74) is 1.09. The fraction of sp³-hybridized carbons (Fsp3) is 0.480. The highest BCUT2D eigenvalue weighted by Crippen LogP contribution is 2.31. The maximum absolute atomic E-state index is 14.6. The van der Waals surface area contributed by atoms with E-state index in [1.54, 1.807) is 19.2 Å². The van der Waals surface area contributed by atoms with Gasteiger partial charge in [-0.2, -0.15) is 0 Å². The predicted molar refractivity (Wildman–Crippen MR) is 119 cm³/mol. The third-order valence-corrected chi connectivity index (χ3v) is 6.82. The number of morpholine rings is 1. The Balaban J connectivity index is 1.26. The Morgan fingerprint density at radius 2 is 1.84 bits per heavy atom. The van der Waals surface area contributed by atoms with Crippen LogP contribution in [0.3, 0.4) is 0 Å². The van der Waals surface area contributed by atoms with Gasteiger partial charge in [-0.15, -0.1) is 0 Å². The molecule has 1 aromatic carbocycles. The van der Waals surface area contributed by atoms with Crippen molar-refractivity contribution in [2.45, 2.75) is 45.1 Å². The third kappa shape index (κ3) is 4.45. The minimum absolute atomic E-state index is 0.103. The fourth-order valence-electron chi connectivity index (χ4n) is 5.01. The predicted octanol–water partition coefficient (Wildman–Crippen LogP) is 4.34. The maximum atomic E-state index is 14.6. The molecular formula is C25H28FN3O3. The summed E-state index contributed by atoms with van der Waals surface area (Å²) < 4.78 is 25.5. The summed E-state index contributed by atoms with van der Waals surface area (Å²) >= 11 is 0. The lowest BCUT2D eigenvalue weighted by atomic mass is 9.81. The van der Waals surface area contributed by atoms with Crippen LogP contribution in [0.15, 0.2) is 35.0 Å². The number of hydrogen-bond donors (Lipinski definition) is 0. The molecule has 0 radical (unpaired) electrons. The SMILES string of the molecule is Cc1ncc(-c2cc3cc(CC(=O)C4CCC(N5CCOCC5)CC4)ncc3cc2F)o1. The molecule has 1 saturated heterocycles. The van der Waals surface area contributed by atoms with Gasteiger partial charge in [0.25, 0.3) is 0 Å². The van der Waals surface area contributed by atoms with Crippen molar-refractivity contribution in [3.8, 4) is 11.3 Å². The molecule has 3 heterocycles. The van der Waals surface area contributed by atoms with Gasteiger partial charge in [-0.1, -0.05) is 0 Å². The van der Waals surface area contributed by atoms with Crippen molar-refractivity contribution in [1.29, 1.82) is 0 Å². The number of carbonyl (C=O) groups excluding carboxylic acids is 1. The van der Waals surface area contributed by atoms with Crippen LogP contribution < -0.4 is 0 Å². The van der Waals surface area contributed by atoms with Gasteiger partial charge in [0.1, 0.15) is 11.6 Å². The van der Waals surface area contributed by atoms with E-state index in [0.717, 1.165) is 63.1 Å². The van der Waals surface area contributed by atoms with Crippen LogP contribution in [0.25, 0.3) is 22.1 Å². The molecule has 32 heavy (non-hydrogen) atoms. The minimum Gasteiger partial charge on any atom is -0.441 e. The summed E-state index contributed by atoms with van der Waals surface area (Å²) in [6, 6.07) is 5.66. The van der Waals surface area contributed by atoms with Gasteiger partial charge in [0.2, 0.25) is 0 Å². The summed E-state index contributed by atoms with van der Waals surface area (Å²) in [5.74, 6) is 0.865. The second-order valence-electron chi connectivity index (χ2n) is 8.90. The topological polar surface area (TPSA) is 68.5 Å². The van der Waals surface area contributed by atoms with E-state index in [2.05, 4.69) is 14.9 Å². The number of carbonyl (C=O) groups is 1. The Hall–Kier alpha value is -2.64. The number of hydrogen-bond acceptors (Lipinski definition) is 6. The van der Waals surface area contributed by atoms with E-state index in [1.807, 2.05) is 6.07 Å². The molecule has 0 amide bonds. The molecule has 2 aliphatic rings. The molecule has 0 N–H and O–H groups in total. The highest BCUT2D eigenvalue weighted by Gasteiger charge is 2.30. The summed E-state index contributed by atoms with van der Waals surface area (Å²) in [5, 5.41) is 1.54. The molecule has 1 aliphatic carbocycles. The first kappa shape index (κ1) is 21.2. The molecule has 7 heteroatoms. The van der Waals surface area contributed by atoms with E-state index >= 15 is 0 Å². The molecule has 1 aliphatic heterocycles. The van der Waals surface area contributed by atoms with Crippen molar-refractivity contribution in [3.05, 3.63) is 48.0 Å². The van der Waals surface area contributed by atoms with Gasteiger partial charge in [-0.25, -0.2) is 9.37 Å². The van der Waals surface area contributed by atoms with Crippen LogP contribution in [0.4, 0.5) is 4.39 Å². The molecule has 168 valence electrons. The molecule has 2 aromatic heterocycles. The average Bonchev–Trinajstić information content (AvgIpc) is 3.25. The quantitative estimate of drug-likeness (QED) is 0.592. The van der Waals surface area contributed by atoms with Crippen molar-refractivity contribution in [2.24, 2.45) is 5.92 Å². The highest BCUT2D eigenvalue weighted by molar-refractivity contribution is 5.88.